The zero-order chi connectivity index (χ0) is 30.9. The fraction of sp³-hybridized carbons (Fsp3) is 0.343. The van der Waals surface area contributed by atoms with E-state index in [0.29, 0.717) is 56.0 Å². The monoisotopic (exact) mass is 598 g/mol. The number of fused-ring (bicyclic) bond motifs is 2. The van der Waals surface area contributed by atoms with E-state index in [-0.39, 0.29) is 37.6 Å². The van der Waals surface area contributed by atoms with Gasteiger partial charge in [0.25, 0.3) is 0 Å². The van der Waals surface area contributed by atoms with Gasteiger partial charge in [0, 0.05) is 22.8 Å². The van der Waals surface area contributed by atoms with Gasteiger partial charge in [0.1, 0.15) is 22.5 Å². The van der Waals surface area contributed by atoms with Crippen LogP contribution in [0, 0.1) is 15.8 Å². The van der Waals surface area contributed by atoms with E-state index in [9.17, 15) is 24.3 Å². The Balaban J connectivity index is 1.65. The molecular weight excluding hydrogens is 564 g/mol. The molecule has 1 aliphatic rings. The molecule has 5 rings (SSSR count). The number of ketones is 2. The van der Waals surface area contributed by atoms with Crippen LogP contribution in [0.2, 0.25) is 0 Å². The van der Waals surface area contributed by atoms with Crippen LogP contribution in [0.25, 0.3) is 21.9 Å². The molecule has 1 aromatic heterocycles. The van der Waals surface area contributed by atoms with Crippen LogP contribution in [0.1, 0.15) is 73.0 Å². The number of benzene rings is 3. The second kappa shape index (κ2) is 12.2. The van der Waals surface area contributed by atoms with Gasteiger partial charge in [-0.05, 0) is 67.3 Å². The second-order valence-corrected chi connectivity index (χ2v) is 11.6. The summed E-state index contributed by atoms with van der Waals surface area (Å²) in [4.78, 5) is 53.9. The van der Waals surface area contributed by atoms with Crippen LogP contribution in [-0.4, -0.2) is 35.2 Å². The zero-order valence-electron chi connectivity index (χ0n) is 24.5. The summed E-state index contributed by atoms with van der Waals surface area (Å²) in [5.41, 5.74) is 1.69. The van der Waals surface area contributed by atoms with Crippen molar-refractivity contribution in [1.82, 2.24) is 0 Å². The van der Waals surface area contributed by atoms with E-state index in [0.717, 1.165) is 5.56 Å². The van der Waals surface area contributed by atoms with Crippen molar-refractivity contribution in [3.05, 3.63) is 87.4 Å². The number of Topliss-reactive ketones (excluding diaryl/α,β-unsaturated/α-hetero) is 2. The van der Waals surface area contributed by atoms with E-state index in [1.54, 1.807) is 31.2 Å². The minimum Gasteiger partial charge on any atom is -0.480 e. The van der Waals surface area contributed by atoms with Crippen LogP contribution in [0.5, 0.6) is 0 Å². The number of carbonyl (C=O) groups is 4. The number of aliphatic carboxylic acids is 1. The van der Waals surface area contributed by atoms with Gasteiger partial charge in [-0.1, -0.05) is 74.6 Å². The molecular formula is C35H34O7S. The molecule has 0 aliphatic heterocycles. The van der Waals surface area contributed by atoms with Crippen molar-refractivity contribution in [2.75, 3.05) is 6.61 Å². The Morgan fingerprint density at radius 2 is 1.63 bits per heavy atom. The van der Waals surface area contributed by atoms with Gasteiger partial charge in [0.2, 0.25) is 0 Å². The maximum atomic E-state index is 14.5. The molecule has 0 amide bonds. The number of esters is 1. The number of carboxylic acids is 1. The van der Waals surface area contributed by atoms with Gasteiger partial charge in [-0.25, -0.2) is 0 Å². The summed E-state index contributed by atoms with van der Waals surface area (Å²) < 4.78 is 12.2. The molecule has 1 unspecified atom stereocenters. The van der Waals surface area contributed by atoms with Crippen molar-refractivity contribution >= 4 is 57.7 Å². The van der Waals surface area contributed by atoms with Gasteiger partial charge in [0.05, 0.1) is 11.1 Å². The lowest BCUT2D eigenvalue weighted by Crippen LogP contribution is -2.53. The molecule has 1 heterocycles. The topological polar surface area (TPSA) is 111 Å². The van der Waals surface area contributed by atoms with Crippen LogP contribution in [0.4, 0.5) is 0 Å². The lowest BCUT2D eigenvalue weighted by atomic mass is 9.56. The number of rotatable bonds is 11. The lowest BCUT2D eigenvalue weighted by Gasteiger charge is -2.44. The van der Waals surface area contributed by atoms with E-state index in [2.05, 4.69) is 0 Å². The maximum Gasteiger partial charge on any atom is 0.321 e. The number of carbonyl (C=O) groups excluding carboxylic acids is 3. The molecule has 1 N–H and O–H groups in total. The third-order valence-corrected chi connectivity index (χ3v) is 9.04. The highest BCUT2D eigenvalue weighted by Crippen LogP contribution is 2.52. The molecule has 43 heavy (non-hydrogen) atoms. The Kier molecular flexibility index (Phi) is 8.60. The highest BCUT2D eigenvalue weighted by molar-refractivity contribution is 7.72. The van der Waals surface area contributed by atoms with Crippen molar-refractivity contribution in [3.63, 3.8) is 0 Å². The molecule has 1 atom stereocenters. The van der Waals surface area contributed by atoms with E-state index in [4.69, 9.17) is 21.4 Å². The Hall–Kier alpha value is -4.17. The van der Waals surface area contributed by atoms with E-state index < -0.39 is 29.1 Å². The Bertz CT molecular complexity index is 1800. The fourth-order valence-electron chi connectivity index (χ4n) is 6.43. The average Bonchev–Trinajstić information content (AvgIpc) is 2.99. The Labute approximate surface area is 254 Å². The van der Waals surface area contributed by atoms with Gasteiger partial charge in [-0.3, -0.25) is 19.2 Å². The van der Waals surface area contributed by atoms with Crippen molar-refractivity contribution < 1.29 is 33.4 Å². The molecule has 0 saturated heterocycles. The SMILES string of the molecule is CCOC(=O)C(C(=O)C1(C(=O)O)CC(CC(=O)c2ccccc2)C1)c1c(CC)cc(CC)c2oc3ccccc3c(=S)c12. The standard InChI is InChI=1S/C35H34O7S/c1-4-21-17-22(5-2)30-28(31(43)24-14-10-11-15-26(24)42-30)27(21)29(33(38)41-6-3)32(37)35(34(39)40)18-20(19-35)16-25(36)23-12-8-7-9-13-23/h7-15,17,20,29H,4-6,16,18-19H2,1-3H3,(H,39,40). The van der Waals surface area contributed by atoms with Crippen molar-refractivity contribution in [1.29, 1.82) is 0 Å². The normalized spacial score (nSPS) is 18.6. The first kappa shape index (κ1) is 30.3. The predicted octanol–water partition coefficient (Wildman–Crippen LogP) is 7.41. The van der Waals surface area contributed by atoms with Crippen molar-refractivity contribution in [2.45, 2.75) is 58.8 Å². The Morgan fingerprint density at radius 1 is 0.977 bits per heavy atom. The molecule has 0 radical (unpaired) electrons. The number of aryl methyl sites for hydroxylation is 2. The first-order valence-electron chi connectivity index (χ1n) is 14.7. The van der Waals surface area contributed by atoms with Gasteiger partial charge in [-0.2, -0.15) is 0 Å². The number of hydrogen-bond acceptors (Lipinski definition) is 7. The number of hydrogen-bond donors (Lipinski definition) is 1. The number of carboxylic acid groups (broad SMARTS) is 1. The summed E-state index contributed by atoms with van der Waals surface area (Å²) in [6.07, 6.45) is 1.12. The van der Waals surface area contributed by atoms with E-state index in [1.165, 1.54) is 0 Å². The molecule has 1 fully saturated rings. The average molecular weight is 599 g/mol. The van der Waals surface area contributed by atoms with Crippen molar-refractivity contribution in [3.8, 4) is 0 Å². The molecule has 3 aromatic carbocycles. The minimum atomic E-state index is -1.84. The maximum absolute atomic E-state index is 14.5. The van der Waals surface area contributed by atoms with Gasteiger partial charge in [0.15, 0.2) is 11.6 Å². The zero-order valence-corrected chi connectivity index (χ0v) is 25.3. The first-order valence-corrected chi connectivity index (χ1v) is 15.1. The van der Waals surface area contributed by atoms with Crippen molar-refractivity contribution in [2.24, 2.45) is 11.3 Å². The Morgan fingerprint density at radius 3 is 2.26 bits per heavy atom. The third-order valence-electron chi connectivity index (χ3n) is 8.61. The van der Waals surface area contributed by atoms with Crippen LogP contribution < -0.4 is 0 Å². The molecule has 1 aliphatic carbocycles. The van der Waals surface area contributed by atoms with Crippen LogP contribution in [0.3, 0.4) is 0 Å². The highest BCUT2D eigenvalue weighted by Gasteiger charge is 2.59. The summed E-state index contributed by atoms with van der Waals surface area (Å²) in [6.45, 7) is 5.55. The van der Waals surface area contributed by atoms with E-state index >= 15 is 0 Å². The van der Waals surface area contributed by atoms with Gasteiger partial charge < -0.3 is 14.3 Å². The summed E-state index contributed by atoms with van der Waals surface area (Å²) in [5, 5.41) is 11.6. The largest absolute Gasteiger partial charge is 0.480 e. The predicted molar refractivity (Wildman–Crippen MR) is 166 cm³/mol. The van der Waals surface area contributed by atoms with Crippen LogP contribution in [-0.2, 0) is 32.0 Å². The number of ether oxygens (including phenoxy) is 1. The van der Waals surface area contributed by atoms with Gasteiger partial charge in [-0.15, -0.1) is 0 Å². The second-order valence-electron chi connectivity index (χ2n) is 11.2. The molecule has 0 bridgehead atoms. The summed E-state index contributed by atoms with van der Waals surface area (Å²) in [6, 6.07) is 18.0. The minimum absolute atomic E-state index is 0.0113. The molecule has 222 valence electrons. The van der Waals surface area contributed by atoms with Crippen LogP contribution in [0.15, 0.2) is 65.1 Å². The lowest BCUT2D eigenvalue weighted by molar-refractivity contribution is -0.167. The summed E-state index contributed by atoms with van der Waals surface area (Å²) in [7, 11) is 0. The first-order chi connectivity index (χ1) is 20.7. The number of para-hydroxylation sites is 1. The van der Waals surface area contributed by atoms with Gasteiger partial charge >= 0.3 is 11.9 Å². The quantitative estimate of drug-likeness (QED) is 0.0625. The third kappa shape index (κ3) is 5.29. The summed E-state index contributed by atoms with van der Waals surface area (Å²) >= 11 is 5.98. The smallest absolute Gasteiger partial charge is 0.321 e. The fourth-order valence-corrected chi connectivity index (χ4v) is 6.80. The molecule has 7 nitrogen and oxygen atoms in total. The molecule has 8 heteroatoms. The van der Waals surface area contributed by atoms with Crippen LogP contribution >= 0.6 is 12.2 Å². The molecule has 1 saturated carbocycles. The molecule has 4 aromatic rings. The highest BCUT2D eigenvalue weighted by atomic mass is 32.1. The molecule has 0 spiro atoms. The summed E-state index contributed by atoms with van der Waals surface area (Å²) in [5.74, 6) is -4.82. The van der Waals surface area contributed by atoms with E-state index in [1.807, 2.05) is 50.2 Å².